The number of aryl methyl sites for hydroxylation is 1. The number of methoxy groups -OCH3 is 1. The number of hydrogen-bond acceptors (Lipinski definition) is 6. The minimum atomic E-state index is -0.794. The van der Waals surface area contributed by atoms with Gasteiger partial charge in [0.25, 0.3) is 11.7 Å². The number of ketones is 1. The van der Waals surface area contributed by atoms with Crippen LogP contribution >= 0.6 is 11.6 Å². The first kappa shape index (κ1) is 25.3. The zero-order valence-corrected chi connectivity index (χ0v) is 20.9. The molecule has 0 aliphatic carbocycles. The number of benzene rings is 2. The zero-order chi connectivity index (χ0) is 25.7. The van der Waals surface area contributed by atoms with Crippen molar-refractivity contribution < 1.29 is 24.2 Å². The number of carbonyl (C=O) groups excluding carboxylic acids is 2. The molecule has 0 bridgehead atoms. The van der Waals surface area contributed by atoms with Gasteiger partial charge < -0.3 is 24.0 Å². The van der Waals surface area contributed by atoms with Crippen LogP contribution < -0.4 is 9.47 Å². The number of aromatic nitrogens is 2. The van der Waals surface area contributed by atoms with Crippen molar-refractivity contribution in [1.29, 1.82) is 0 Å². The van der Waals surface area contributed by atoms with Gasteiger partial charge in [-0.05, 0) is 54.8 Å². The molecule has 1 saturated heterocycles. The highest BCUT2D eigenvalue weighted by molar-refractivity contribution is 6.46. The van der Waals surface area contributed by atoms with Crippen molar-refractivity contribution in [3.8, 4) is 11.5 Å². The number of imidazole rings is 1. The number of hydrogen-bond donors (Lipinski definition) is 1. The molecule has 0 spiro atoms. The standard InChI is InChI=1S/C27H28ClN3O5/c1-3-15-36-21-10-7-19(16-22(21)35-2)24-23(25(32)18-5-8-20(28)9-6-18)26(33)27(34)31(24)13-4-12-30-14-11-29-17-30/h5-11,14,16-17,24,32H,3-4,12-13,15H2,1-2H3. The second-order valence-electron chi connectivity index (χ2n) is 8.41. The van der Waals surface area contributed by atoms with Crippen LogP contribution in [0.2, 0.25) is 5.02 Å². The number of amides is 1. The van der Waals surface area contributed by atoms with Crippen molar-refractivity contribution in [2.45, 2.75) is 32.4 Å². The Morgan fingerprint density at radius 1 is 1.11 bits per heavy atom. The number of likely N-dealkylation sites (tertiary alicyclic amines) is 1. The van der Waals surface area contributed by atoms with Gasteiger partial charge in [-0.25, -0.2) is 4.98 Å². The molecule has 1 aliphatic rings. The Hall–Kier alpha value is -3.78. The van der Waals surface area contributed by atoms with Gasteiger partial charge in [0.2, 0.25) is 0 Å². The first-order chi connectivity index (χ1) is 17.4. The Kier molecular flexibility index (Phi) is 7.95. The molecule has 2 heterocycles. The summed E-state index contributed by atoms with van der Waals surface area (Å²) in [6.45, 7) is 3.47. The minimum Gasteiger partial charge on any atom is -0.507 e. The Morgan fingerprint density at radius 3 is 2.56 bits per heavy atom. The van der Waals surface area contributed by atoms with Gasteiger partial charge >= 0.3 is 0 Å². The van der Waals surface area contributed by atoms with Gasteiger partial charge in [-0.3, -0.25) is 9.59 Å². The summed E-state index contributed by atoms with van der Waals surface area (Å²) >= 11 is 6.00. The fourth-order valence-corrected chi connectivity index (χ4v) is 4.37. The molecule has 4 rings (SSSR count). The maximum atomic E-state index is 13.2. The molecule has 2 aromatic carbocycles. The lowest BCUT2D eigenvalue weighted by atomic mass is 9.95. The molecule has 8 nitrogen and oxygen atoms in total. The van der Waals surface area contributed by atoms with Crippen molar-refractivity contribution in [3.05, 3.63) is 82.9 Å². The van der Waals surface area contributed by atoms with Crippen LogP contribution in [-0.2, 0) is 16.1 Å². The highest BCUT2D eigenvalue weighted by atomic mass is 35.5. The first-order valence-corrected chi connectivity index (χ1v) is 12.1. The molecule has 3 aromatic rings. The van der Waals surface area contributed by atoms with E-state index in [1.165, 1.54) is 12.0 Å². The molecule has 188 valence electrons. The van der Waals surface area contributed by atoms with Crippen LogP contribution in [0.3, 0.4) is 0 Å². The predicted octanol–water partition coefficient (Wildman–Crippen LogP) is 4.85. The van der Waals surface area contributed by atoms with Gasteiger partial charge in [0.15, 0.2) is 11.5 Å². The SMILES string of the molecule is CCCOc1ccc(C2C(=C(O)c3ccc(Cl)cc3)C(=O)C(=O)N2CCCn2ccnc2)cc1OC. The monoisotopic (exact) mass is 509 g/mol. The van der Waals surface area contributed by atoms with E-state index in [2.05, 4.69) is 4.98 Å². The van der Waals surface area contributed by atoms with E-state index in [1.807, 2.05) is 17.7 Å². The predicted molar refractivity (Wildman–Crippen MR) is 136 cm³/mol. The van der Waals surface area contributed by atoms with Gasteiger partial charge in [0.1, 0.15) is 5.76 Å². The summed E-state index contributed by atoms with van der Waals surface area (Å²) in [6, 6.07) is 11.0. The Balaban J connectivity index is 1.75. The van der Waals surface area contributed by atoms with Crippen LogP contribution in [-0.4, -0.2) is 51.5 Å². The van der Waals surface area contributed by atoms with Crippen LogP contribution in [0, 0.1) is 0 Å². The number of halogens is 1. The van der Waals surface area contributed by atoms with E-state index in [0.717, 1.165) is 6.42 Å². The third-order valence-corrected chi connectivity index (χ3v) is 6.25. The maximum Gasteiger partial charge on any atom is 0.295 e. The van der Waals surface area contributed by atoms with Gasteiger partial charge in [-0.1, -0.05) is 24.6 Å². The lowest BCUT2D eigenvalue weighted by molar-refractivity contribution is -0.139. The molecular formula is C27H28ClN3O5. The van der Waals surface area contributed by atoms with Crippen molar-refractivity contribution in [1.82, 2.24) is 14.5 Å². The van der Waals surface area contributed by atoms with E-state index in [4.69, 9.17) is 21.1 Å². The summed E-state index contributed by atoms with van der Waals surface area (Å²) in [5, 5.41) is 11.7. The number of carbonyl (C=O) groups is 2. The number of Topliss-reactive ketones (excluding diaryl/α,β-unsaturated/α-hetero) is 1. The molecule has 1 N–H and O–H groups in total. The third-order valence-electron chi connectivity index (χ3n) is 6.00. The summed E-state index contributed by atoms with van der Waals surface area (Å²) in [5.74, 6) is -0.599. The van der Waals surface area contributed by atoms with E-state index < -0.39 is 17.7 Å². The summed E-state index contributed by atoms with van der Waals surface area (Å²) in [7, 11) is 1.54. The maximum absolute atomic E-state index is 13.2. The third kappa shape index (κ3) is 5.23. The van der Waals surface area contributed by atoms with Gasteiger partial charge in [0, 0.05) is 36.1 Å². The number of nitrogens with zero attached hydrogens (tertiary/aromatic N) is 3. The van der Waals surface area contributed by atoms with E-state index in [-0.39, 0.29) is 11.3 Å². The highest BCUT2D eigenvalue weighted by Crippen LogP contribution is 2.42. The van der Waals surface area contributed by atoms with Gasteiger partial charge in [-0.15, -0.1) is 0 Å². The van der Waals surface area contributed by atoms with Crippen molar-refractivity contribution in [2.75, 3.05) is 20.3 Å². The Labute approximate surface area is 214 Å². The highest BCUT2D eigenvalue weighted by Gasteiger charge is 2.46. The minimum absolute atomic E-state index is 0.0224. The number of aliphatic hydroxyl groups is 1. The van der Waals surface area contributed by atoms with E-state index >= 15 is 0 Å². The van der Waals surface area contributed by atoms with E-state index in [9.17, 15) is 14.7 Å². The molecule has 36 heavy (non-hydrogen) atoms. The number of aliphatic hydroxyl groups excluding tert-OH is 1. The molecule has 1 aromatic heterocycles. The van der Waals surface area contributed by atoms with Crippen molar-refractivity contribution >= 4 is 29.1 Å². The van der Waals surface area contributed by atoms with Crippen LogP contribution in [0.15, 0.2) is 66.8 Å². The largest absolute Gasteiger partial charge is 0.507 e. The Morgan fingerprint density at radius 2 is 1.89 bits per heavy atom. The lowest BCUT2D eigenvalue weighted by Gasteiger charge is -2.26. The second kappa shape index (κ2) is 11.3. The number of rotatable bonds is 10. The fraction of sp³-hybridized carbons (Fsp3) is 0.296. The summed E-state index contributed by atoms with van der Waals surface area (Å²) in [5.41, 5.74) is 1.05. The van der Waals surface area contributed by atoms with Gasteiger partial charge in [0.05, 0.1) is 31.7 Å². The molecule has 0 saturated carbocycles. The molecule has 1 atom stereocenters. The van der Waals surface area contributed by atoms with Crippen LogP contribution in [0.5, 0.6) is 11.5 Å². The topological polar surface area (TPSA) is 93.9 Å². The quantitative estimate of drug-likeness (QED) is 0.238. The number of ether oxygens (including phenoxy) is 2. The van der Waals surface area contributed by atoms with E-state index in [1.54, 1.807) is 55.0 Å². The summed E-state index contributed by atoms with van der Waals surface area (Å²) < 4.78 is 13.2. The first-order valence-electron chi connectivity index (χ1n) is 11.8. The second-order valence-corrected chi connectivity index (χ2v) is 8.85. The summed E-state index contributed by atoms with van der Waals surface area (Å²) in [4.78, 5) is 31.9. The molecule has 1 amide bonds. The summed E-state index contributed by atoms with van der Waals surface area (Å²) in [6.07, 6.45) is 6.66. The van der Waals surface area contributed by atoms with Crippen LogP contribution in [0.4, 0.5) is 0 Å². The lowest BCUT2D eigenvalue weighted by Crippen LogP contribution is -2.31. The average molecular weight is 510 g/mol. The van der Waals surface area contributed by atoms with Crippen LogP contribution in [0.25, 0.3) is 5.76 Å². The molecule has 1 aliphatic heterocycles. The molecular weight excluding hydrogens is 482 g/mol. The van der Waals surface area contributed by atoms with Gasteiger partial charge in [-0.2, -0.15) is 0 Å². The van der Waals surface area contributed by atoms with Crippen molar-refractivity contribution in [2.24, 2.45) is 0 Å². The fourth-order valence-electron chi connectivity index (χ4n) is 4.25. The van der Waals surface area contributed by atoms with E-state index in [0.29, 0.717) is 53.8 Å². The molecule has 1 fully saturated rings. The molecule has 0 radical (unpaired) electrons. The normalized spacial score (nSPS) is 17.0. The molecule has 1 unspecified atom stereocenters. The van der Waals surface area contributed by atoms with Crippen LogP contribution in [0.1, 0.15) is 36.9 Å². The smallest absolute Gasteiger partial charge is 0.295 e. The molecule has 9 heteroatoms. The van der Waals surface area contributed by atoms with Crippen molar-refractivity contribution in [3.63, 3.8) is 0 Å². The zero-order valence-electron chi connectivity index (χ0n) is 20.2. The average Bonchev–Trinajstić information content (AvgIpc) is 3.49. The Bertz CT molecular complexity index is 1250.